The molecule has 2 aromatic carbocycles. The summed E-state index contributed by atoms with van der Waals surface area (Å²) in [7, 11) is 0. The highest BCUT2D eigenvalue weighted by molar-refractivity contribution is 8.16. The van der Waals surface area contributed by atoms with E-state index in [0.29, 0.717) is 23.1 Å². The molecule has 1 saturated heterocycles. The fourth-order valence-corrected chi connectivity index (χ4v) is 6.11. The van der Waals surface area contributed by atoms with E-state index in [1.807, 2.05) is 30.3 Å². The Balaban J connectivity index is 1.35. The van der Waals surface area contributed by atoms with E-state index >= 15 is 0 Å². The van der Waals surface area contributed by atoms with Crippen molar-refractivity contribution < 1.29 is 29.0 Å². The summed E-state index contributed by atoms with van der Waals surface area (Å²) in [6.07, 6.45) is 10.2. The Morgan fingerprint density at radius 1 is 0.921 bits per heavy atom. The predicted molar refractivity (Wildman–Crippen MR) is 147 cm³/mol. The maximum absolute atomic E-state index is 13.1. The topological polar surface area (TPSA) is 102 Å². The zero-order chi connectivity index (χ0) is 26.8. The van der Waals surface area contributed by atoms with Crippen LogP contribution in [0, 0.1) is 5.92 Å². The van der Waals surface area contributed by atoms with E-state index in [2.05, 4.69) is 5.32 Å². The number of esters is 1. The minimum Gasteiger partial charge on any atom is -0.491 e. The Bertz CT molecular complexity index is 1070. The molecule has 7 nitrogen and oxygen atoms in total. The molecule has 1 aliphatic carbocycles. The van der Waals surface area contributed by atoms with Crippen LogP contribution in [-0.2, 0) is 27.4 Å². The summed E-state index contributed by atoms with van der Waals surface area (Å²) in [5.41, 5.74) is 1.49. The van der Waals surface area contributed by atoms with Crippen LogP contribution in [0.15, 0.2) is 54.6 Å². The number of nitrogens with one attached hydrogen (secondary N) is 1. The van der Waals surface area contributed by atoms with E-state index in [9.17, 15) is 19.5 Å². The first kappa shape index (κ1) is 28.2. The van der Waals surface area contributed by atoms with E-state index in [-0.39, 0.29) is 25.6 Å². The maximum atomic E-state index is 13.1. The minimum absolute atomic E-state index is 0.00778. The van der Waals surface area contributed by atoms with Crippen LogP contribution in [-0.4, -0.2) is 39.7 Å². The normalized spacial score (nSPS) is 21.9. The van der Waals surface area contributed by atoms with Crippen LogP contribution in [0.5, 0.6) is 5.75 Å². The van der Waals surface area contributed by atoms with Gasteiger partial charge >= 0.3 is 5.97 Å². The van der Waals surface area contributed by atoms with Crippen LogP contribution in [0.3, 0.4) is 0 Å². The van der Waals surface area contributed by atoms with E-state index in [4.69, 9.17) is 9.47 Å². The van der Waals surface area contributed by atoms with Gasteiger partial charge in [-0.3, -0.25) is 14.9 Å². The van der Waals surface area contributed by atoms with Gasteiger partial charge in [0.25, 0.3) is 11.1 Å². The van der Waals surface area contributed by atoms with Gasteiger partial charge in [-0.2, -0.15) is 0 Å². The summed E-state index contributed by atoms with van der Waals surface area (Å²) in [5, 5.41) is 12.4. The second kappa shape index (κ2) is 13.8. The van der Waals surface area contributed by atoms with Crippen molar-refractivity contribution in [1.29, 1.82) is 0 Å². The van der Waals surface area contributed by atoms with Crippen LogP contribution >= 0.6 is 11.8 Å². The number of thioether (sulfide) groups is 1. The molecule has 0 radical (unpaired) electrons. The second-order valence-electron chi connectivity index (χ2n) is 10.2. The number of imide groups is 1. The smallest absolute Gasteiger partial charge is 0.333 e. The molecule has 2 aliphatic rings. The number of rotatable bonds is 9. The molecular formula is C30H37NO6S. The van der Waals surface area contributed by atoms with Gasteiger partial charge in [-0.15, -0.1) is 0 Å². The molecule has 2 amide bonds. The standard InChI is InChI=1S/C30H37NO6S/c32-26(24-13-9-4-2-1-3-5-10-14-24)21-36-25-17-15-22(16-18-25)19-30(27(33)31-29(35)38-30)28(34)37-20-23-11-7-6-8-12-23/h6-8,11-12,15-18,24,26,32H,1-5,9-10,13-14,19-21H2,(H,31,33,35). The third-order valence-electron chi connectivity index (χ3n) is 7.38. The Kier molecular flexibility index (Phi) is 10.2. The number of hydrogen-bond donors (Lipinski definition) is 2. The molecule has 2 N–H and O–H groups in total. The van der Waals surface area contributed by atoms with Gasteiger partial charge in [0.05, 0.1) is 6.10 Å². The van der Waals surface area contributed by atoms with Gasteiger partial charge in [-0.05, 0) is 53.8 Å². The monoisotopic (exact) mass is 539 g/mol. The third-order valence-corrected chi connectivity index (χ3v) is 8.52. The zero-order valence-electron chi connectivity index (χ0n) is 21.7. The highest BCUT2D eigenvalue weighted by atomic mass is 32.2. The molecule has 0 bridgehead atoms. The number of aliphatic hydroxyl groups excluding tert-OH is 1. The number of carbonyl (C=O) groups excluding carboxylic acids is 3. The van der Waals surface area contributed by atoms with E-state index in [0.717, 1.165) is 31.2 Å². The van der Waals surface area contributed by atoms with Gasteiger partial charge in [0.1, 0.15) is 19.0 Å². The van der Waals surface area contributed by atoms with Gasteiger partial charge in [0.15, 0.2) is 0 Å². The minimum atomic E-state index is -1.68. The number of hydrogen-bond acceptors (Lipinski definition) is 7. The molecule has 1 saturated carbocycles. The fourth-order valence-electron chi connectivity index (χ4n) is 5.12. The van der Waals surface area contributed by atoms with Crippen molar-refractivity contribution in [3.63, 3.8) is 0 Å². The summed E-state index contributed by atoms with van der Waals surface area (Å²) >= 11 is 0.661. The zero-order valence-corrected chi connectivity index (χ0v) is 22.5. The van der Waals surface area contributed by atoms with E-state index in [1.165, 1.54) is 32.1 Å². The van der Waals surface area contributed by atoms with Crippen molar-refractivity contribution in [2.75, 3.05) is 6.61 Å². The molecule has 1 heterocycles. The molecule has 2 fully saturated rings. The SMILES string of the molecule is O=C1NC(=O)C(Cc2ccc(OCC(O)C3CCCCCCCCC3)cc2)(C(=O)OCc2ccccc2)S1. The molecule has 2 atom stereocenters. The van der Waals surface area contributed by atoms with Crippen LogP contribution in [0.25, 0.3) is 0 Å². The molecule has 0 spiro atoms. The Morgan fingerprint density at radius 2 is 1.55 bits per heavy atom. The lowest BCUT2D eigenvalue weighted by molar-refractivity contribution is -0.150. The van der Waals surface area contributed by atoms with Gasteiger partial charge in [0.2, 0.25) is 4.75 Å². The molecular weight excluding hydrogens is 502 g/mol. The van der Waals surface area contributed by atoms with E-state index < -0.39 is 28.0 Å². The summed E-state index contributed by atoms with van der Waals surface area (Å²) < 4.78 is 9.67. The summed E-state index contributed by atoms with van der Waals surface area (Å²) in [6.45, 7) is 0.242. The van der Waals surface area contributed by atoms with Crippen LogP contribution in [0.1, 0.15) is 68.9 Å². The summed E-state index contributed by atoms with van der Waals surface area (Å²) in [4.78, 5) is 37.8. The molecule has 2 aromatic rings. The molecule has 0 aromatic heterocycles. The van der Waals surface area contributed by atoms with Crippen LogP contribution in [0.2, 0.25) is 0 Å². The maximum Gasteiger partial charge on any atom is 0.333 e. The molecule has 4 rings (SSSR count). The summed E-state index contributed by atoms with van der Waals surface area (Å²) in [5.74, 6) is -0.555. The van der Waals surface area contributed by atoms with Crippen molar-refractivity contribution in [3.05, 3.63) is 65.7 Å². The summed E-state index contributed by atoms with van der Waals surface area (Å²) in [6, 6.07) is 16.2. The van der Waals surface area contributed by atoms with Gasteiger partial charge in [-0.1, -0.05) is 87.4 Å². The highest BCUT2D eigenvalue weighted by Crippen LogP contribution is 2.37. The first-order chi connectivity index (χ1) is 18.5. The number of benzene rings is 2. The first-order valence-corrected chi connectivity index (χ1v) is 14.4. The number of amides is 2. The van der Waals surface area contributed by atoms with Crippen LogP contribution < -0.4 is 10.1 Å². The lowest BCUT2D eigenvalue weighted by Crippen LogP contribution is -2.46. The van der Waals surface area contributed by atoms with Crippen molar-refractivity contribution in [3.8, 4) is 5.75 Å². The second-order valence-corrected chi connectivity index (χ2v) is 11.5. The van der Waals surface area contributed by atoms with Crippen molar-refractivity contribution >= 4 is 28.9 Å². The average Bonchev–Trinajstić information content (AvgIpc) is 3.23. The fraction of sp³-hybridized carbons (Fsp3) is 0.500. The van der Waals surface area contributed by atoms with Crippen LogP contribution in [0.4, 0.5) is 4.79 Å². The number of carbonyl (C=O) groups is 3. The predicted octanol–water partition coefficient (Wildman–Crippen LogP) is 5.57. The quantitative estimate of drug-likeness (QED) is 0.317. The third kappa shape index (κ3) is 7.60. The van der Waals surface area contributed by atoms with Crippen molar-refractivity contribution in [2.45, 2.75) is 81.7 Å². The highest BCUT2D eigenvalue weighted by Gasteiger charge is 2.55. The molecule has 2 unspecified atom stereocenters. The lowest BCUT2D eigenvalue weighted by Gasteiger charge is -2.24. The van der Waals surface area contributed by atoms with E-state index in [1.54, 1.807) is 24.3 Å². The molecule has 38 heavy (non-hydrogen) atoms. The molecule has 1 aliphatic heterocycles. The van der Waals surface area contributed by atoms with Gasteiger partial charge in [0, 0.05) is 6.42 Å². The van der Waals surface area contributed by atoms with Crippen molar-refractivity contribution in [1.82, 2.24) is 5.32 Å². The Hall–Kier alpha value is -2.84. The number of aliphatic hydroxyl groups is 1. The lowest BCUT2D eigenvalue weighted by atomic mass is 9.88. The average molecular weight is 540 g/mol. The Morgan fingerprint density at radius 3 is 2.16 bits per heavy atom. The van der Waals surface area contributed by atoms with Gasteiger partial charge in [-0.25, -0.2) is 4.79 Å². The van der Waals surface area contributed by atoms with Gasteiger partial charge < -0.3 is 14.6 Å². The van der Waals surface area contributed by atoms with Crippen molar-refractivity contribution in [2.24, 2.45) is 5.92 Å². The first-order valence-electron chi connectivity index (χ1n) is 13.6. The molecule has 8 heteroatoms. The molecule has 204 valence electrons. The largest absolute Gasteiger partial charge is 0.491 e. The Labute approximate surface area is 228 Å². The number of ether oxygens (including phenoxy) is 2.